The van der Waals surface area contributed by atoms with Gasteiger partial charge in [-0.2, -0.15) is 0 Å². The van der Waals surface area contributed by atoms with E-state index >= 15 is 0 Å². The third-order valence-electron chi connectivity index (χ3n) is 4.10. The van der Waals surface area contributed by atoms with Gasteiger partial charge in [-0.3, -0.25) is 0 Å². The molecule has 20 heavy (non-hydrogen) atoms. The molecule has 2 aromatic rings. The molecule has 0 aromatic heterocycles. The Kier molecular flexibility index (Phi) is 4.27. The van der Waals surface area contributed by atoms with E-state index in [0.717, 1.165) is 11.6 Å². The number of hydrogen-bond acceptors (Lipinski definition) is 1. The SMILES string of the molecule is Clc1ccccc1C1CCCCCN1c1ccccc1. The second kappa shape index (κ2) is 6.32. The van der Waals surface area contributed by atoms with Crippen molar-refractivity contribution in [1.29, 1.82) is 0 Å². The molecule has 1 atom stereocenters. The molecule has 3 rings (SSSR count). The van der Waals surface area contributed by atoms with E-state index < -0.39 is 0 Å². The van der Waals surface area contributed by atoms with Crippen molar-refractivity contribution in [2.75, 3.05) is 11.4 Å². The predicted molar refractivity (Wildman–Crippen MR) is 86.4 cm³/mol. The van der Waals surface area contributed by atoms with E-state index in [1.165, 1.54) is 36.9 Å². The zero-order chi connectivity index (χ0) is 13.8. The standard InChI is InChI=1S/C18H20ClN/c19-17-12-7-6-11-16(17)18-13-5-2-8-14-20(18)15-9-3-1-4-10-15/h1,3-4,6-7,9-12,18H,2,5,8,13-14H2. The van der Waals surface area contributed by atoms with Gasteiger partial charge in [0.2, 0.25) is 0 Å². The third kappa shape index (κ3) is 2.83. The van der Waals surface area contributed by atoms with Gasteiger partial charge in [0.1, 0.15) is 0 Å². The topological polar surface area (TPSA) is 3.24 Å². The van der Waals surface area contributed by atoms with Gasteiger partial charge < -0.3 is 4.90 Å². The summed E-state index contributed by atoms with van der Waals surface area (Å²) in [5.74, 6) is 0. The quantitative estimate of drug-likeness (QED) is 0.708. The summed E-state index contributed by atoms with van der Waals surface area (Å²) >= 11 is 6.44. The van der Waals surface area contributed by atoms with Crippen molar-refractivity contribution < 1.29 is 0 Å². The maximum Gasteiger partial charge on any atom is 0.0557 e. The van der Waals surface area contributed by atoms with Crippen molar-refractivity contribution in [3.63, 3.8) is 0 Å². The summed E-state index contributed by atoms with van der Waals surface area (Å²) in [5, 5.41) is 0.889. The van der Waals surface area contributed by atoms with Crippen molar-refractivity contribution in [3.05, 3.63) is 65.2 Å². The number of benzene rings is 2. The zero-order valence-electron chi connectivity index (χ0n) is 11.6. The summed E-state index contributed by atoms with van der Waals surface area (Å²) in [4.78, 5) is 2.52. The van der Waals surface area contributed by atoms with Crippen molar-refractivity contribution in [1.82, 2.24) is 0 Å². The largest absolute Gasteiger partial charge is 0.364 e. The number of rotatable bonds is 2. The second-order valence-electron chi connectivity index (χ2n) is 5.42. The van der Waals surface area contributed by atoms with Crippen LogP contribution in [0.4, 0.5) is 5.69 Å². The van der Waals surface area contributed by atoms with E-state index in [-0.39, 0.29) is 0 Å². The Morgan fingerprint density at radius 3 is 2.40 bits per heavy atom. The Morgan fingerprint density at radius 2 is 1.60 bits per heavy atom. The molecule has 1 aliphatic heterocycles. The van der Waals surface area contributed by atoms with E-state index in [9.17, 15) is 0 Å². The van der Waals surface area contributed by atoms with Crippen LogP contribution in [0.2, 0.25) is 5.02 Å². The Labute approximate surface area is 126 Å². The van der Waals surface area contributed by atoms with Crippen LogP contribution in [0.3, 0.4) is 0 Å². The molecule has 1 aliphatic rings. The number of hydrogen-bond donors (Lipinski definition) is 0. The van der Waals surface area contributed by atoms with Gasteiger partial charge in [0.15, 0.2) is 0 Å². The van der Waals surface area contributed by atoms with Crippen LogP contribution >= 0.6 is 11.6 Å². The maximum atomic E-state index is 6.44. The molecule has 1 unspecified atom stereocenters. The Morgan fingerprint density at radius 1 is 0.850 bits per heavy atom. The van der Waals surface area contributed by atoms with E-state index in [1.54, 1.807) is 0 Å². The van der Waals surface area contributed by atoms with Crippen LogP contribution in [0.5, 0.6) is 0 Å². The predicted octanol–water partition coefficient (Wildman–Crippen LogP) is 5.46. The first-order chi connectivity index (χ1) is 9.86. The van der Waals surface area contributed by atoms with Gasteiger partial charge in [0.25, 0.3) is 0 Å². The van der Waals surface area contributed by atoms with Crippen LogP contribution in [0.1, 0.15) is 37.3 Å². The highest BCUT2D eigenvalue weighted by molar-refractivity contribution is 6.31. The summed E-state index contributed by atoms with van der Waals surface area (Å²) in [5.41, 5.74) is 2.57. The van der Waals surface area contributed by atoms with Crippen molar-refractivity contribution in [3.8, 4) is 0 Å². The molecule has 1 heterocycles. The minimum Gasteiger partial charge on any atom is -0.364 e. The fourth-order valence-corrected chi connectivity index (χ4v) is 3.37. The third-order valence-corrected chi connectivity index (χ3v) is 4.45. The van der Waals surface area contributed by atoms with Gasteiger partial charge in [-0.05, 0) is 36.6 Å². The van der Waals surface area contributed by atoms with Crippen LogP contribution in [0, 0.1) is 0 Å². The molecule has 0 saturated carbocycles. The second-order valence-corrected chi connectivity index (χ2v) is 5.82. The first kappa shape index (κ1) is 13.5. The minimum absolute atomic E-state index is 0.397. The summed E-state index contributed by atoms with van der Waals surface area (Å²) in [6.45, 7) is 1.11. The molecule has 104 valence electrons. The smallest absolute Gasteiger partial charge is 0.0557 e. The van der Waals surface area contributed by atoms with Gasteiger partial charge >= 0.3 is 0 Å². The molecule has 0 radical (unpaired) electrons. The van der Waals surface area contributed by atoms with Crippen LogP contribution in [0.25, 0.3) is 0 Å². The lowest BCUT2D eigenvalue weighted by atomic mass is 10.00. The lowest BCUT2D eigenvalue weighted by Gasteiger charge is -2.33. The van der Waals surface area contributed by atoms with Crippen LogP contribution in [-0.4, -0.2) is 6.54 Å². The summed E-state index contributed by atoms with van der Waals surface area (Å²) in [6.07, 6.45) is 5.03. The van der Waals surface area contributed by atoms with E-state index in [1.807, 2.05) is 12.1 Å². The minimum atomic E-state index is 0.397. The molecule has 0 amide bonds. The van der Waals surface area contributed by atoms with E-state index in [2.05, 4.69) is 47.4 Å². The molecule has 0 N–H and O–H groups in total. The fraction of sp³-hybridized carbons (Fsp3) is 0.333. The highest BCUT2D eigenvalue weighted by Gasteiger charge is 2.24. The van der Waals surface area contributed by atoms with E-state index in [0.29, 0.717) is 6.04 Å². The summed E-state index contributed by atoms with van der Waals surface area (Å²) in [6, 6.07) is 19.4. The maximum absolute atomic E-state index is 6.44. The van der Waals surface area contributed by atoms with E-state index in [4.69, 9.17) is 11.6 Å². The normalized spacial score (nSPS) is 19.6. The number of nitrogens with zero attached hydrogens (tertiary/aromatic N) is 1. The monoisotopic (exact) mass is 285 g/mol. The van der Waals surface area contributed by atoms with Gasteiger partial charge in [0, 0.05) is 17.3 Å². The first-order valence-corrected chi connectivity index (χ1v) is 7.80. The Bertz CT molecular complexity index is 552. The molecule has 2 aromatic carbocycles. The average Bonchev–Trinajstić information content (AvgIpc) is 2.74. The Balaban J connectivity index is 1.98. The molecular formula is C18H20ClN. The van der Waals surface area contributed by atoms with Crippen molar-refractivity contribution in [2.45, 2.75) is 31.7 Å². The first-order valence-electron chi connectivity index (χ1n) is 7.42. The van der Waals surface area contributed by atoms with Crippen molar-refractivity contribution >= 4 is 17.3 Å². The zero-order valence-corrected chi connectivity index (χ0v) is 12.4. The van der Waals surface area contributed by atoms with Gasteiger partial charge in [0.05, 0.1) is 6.04 Å². The van der Waals surface area contributed by atoms with Gasteiger partial charge in [-0.25, -0.2) is 0 Å². The molecule has 1 saturated heterocycles. The molecule has 0 spiro atoms. The number of anilines is 1. The number of halogens is 1. The van der Waals surface area contributed by atoms with Crippen LogP contribution in [-0.2, 0) is 0 Å². The molecular weight excluding hydrogens is 266 g/mol. The molecule has 1 fully saturated rings. The fourth-order valence-electron chi connectivity index (χ4n) is 3.11. The lowest BCUT2D eigenvalue weighted by molar-refractivity contribution is 0.602. The van der Waals surface area contributed by atoms with Crippen LogP contribution < -0.4 is 4.90 Å². The van der Waals surface area contributed by atoms with Gasteiger partial charge in [-0.15, -0.1) is 0 Å². The summed E-state index contributed by atoms with van der Waals surface area (Å²) in [7, 11) is 0. The average molecular weight is 286 g/mol. The highest BCUT2D eigenvalue weighted by atomic mass is 35.5. The van der Waals surface area contributed by atoms with Crippen LogP contribution in [0.15, 0.2) is 54.6 Å². The molecule has 0 aliphatic carbocycles. The highest BCUT2D eigenvalue weighted by Crippen LogP contribution is 2.36. The Hall–Kier alpha value is -1.47. The summed E-state index contributed by atoms with van der Waals surface area (Å²) < 4.78 is 0. The van der Waals surface area contributed by atoms with Crippen molar-refractivity contribution in [2.24, 2.45) is 0 Å². The molecule has 2 heteroatoms. The molecule has 0 bridgehead atoms. The lowest BCUT2D eigenvalue weighted by Crippen LogP contribution is -2.28. The van der Waals surface area contributed by atoms with Gasteiger partial charge in [-0.1, -0.05) is 60.8 Å². The number of para-hydroxylation sites is 1. The molecule has 1 nitrogen and oxygen atoms in total.